The molecule has 0 bridgehead atoms. The summed E-state index contributed by atoms with van der Waals surface area (Å²) >= 11 is 0. The van der Waals surface area contributed by atoms with Crippen LogP contribution in [0.1, 0.15) is 21.6 Å². The fourth-order valence-electron chi connectivity index (χ4n) is 4.46. The van der Waals surface area contributed by atoms with Gasteiger partial charge in [-0.05, 0) is 38.1 Å². The van der Waals surface area contributed by atoms with Gasteiger partial charge in [0.25, 0.3) is 5.91 Å². The zero-order valence-corrected chi connectivity index (χ0v) is 19.2. The number of fused-ring (bicyclic) bond motifs is 1. The molecule has 168 valence electrons. The smallest absolute Gasteiger partial charge is 0.257 e. The Hall–Kier alpha value is -3.87. The second kappa shape index (κ2) is 8.58. The number of nitrogens with zero attached hydrogens (tertiary/aromatic N) is 5. The van der Waals surface area contributed by atoms with E-state index in [1.807, 2.05) is 49.2 Å². The molecular formula is C26H28N6O. The molecule has 1 fully saturated rings. The highest BCUT2D eigenvalue weighted by Crippen LogP contribution is 2.32. The largest absolute Gasteiger partial charge is 0.368 e. The lowest BCUT2D eigenvalue weighted by Gasteiger charge is -2.36. The Morgan fingerprint density at radius 2 is 1.64 bits per heavy atom. The molecule has 7 heteroatoms. The van der Waals surface area contributed by atoms with Crippen molar-refractivity contribution in [1.29, 1.82) is 0 Å². The Bertz CT molecular complexity index is 1290. The molecule has 3 heterocycles. The van der Waals surface area contributed by atoms with Crippen LogP contribution in [0.5, 0.6) is 0 Å². The normalized spacial score (nSPS) is 14.0. The number of nitrogens with one attached hydrogen (secondary N) is 1. The van der Waals surface area contributed by atoms with Crippen molar-refractivity contribution in [2.45, 2.75) is 13.8 Å². The molecule has 0 atom stereocenters. The molecule has 1 aliphatic rings. The first-order chi connectivity index (χ1) is 16.0. The summed E-state index contributed by atoms with van der Waals surface area (Å²) in [7, 11) is 1.88. The molecule has 0 aliphatic carbocycles. The van der Waals surface area contributed by atoms with E-state index in [0.717, 1.165) is 41.2 Å². The van der Waals surface area contributed by atoms with E-state index in [1.165, 1.54) is 11.3 Å². The minimum atomic E-state index is -0.00465. The molecule has 0 saturated carbocycles. The van der Waals surface area contributed by atoms with E-state index >= 15 is 0 Å². The molecule has 0 unspecified atom stereocenters. The van der Waals surface area contributed by atoms with Crippen LogP contribution in [0, 0.1) is 13.8 Å². The van der Waals surface area contributed by atoms with Crippen molar-refractivity contribution in [3.05, 3.63) is 77.6 Å². The van der Waals surface area contributed by atoms with Gasteiger partial charge in [-0.2, -0.15) is 5.10 Å². The maximum Gasteiger partial charge on any atom is 0.257 e. The predicted molar refractivity (Wildman–Crippen MR) is 132 cm³/mol. The molecule has 1 saturated heterocycles. The van der Waals surface area contributed by atoms with Gasteiger partial charge in [0.1, 0.15) is 0 Å². The Balaban J connectivity index is 1.46. The van der Waals surface area contributed by atoms with Crippen molar-refractivity contribution in [2.24, 2.45) is 7.05 Å². The summed E-state index contributed by atoms with van der Waals surface area (Å²) in [5.74, 6) is -0.00465. The van der Waals surface area contributed by atoms with Gasteiger partial charge >= 0.3 is 0 Å². The number of hydrogen-bond acceptors (Lipinski definition) is 5. The van der Waals surface area contributed by atoms with E-state index in [-0.39, 0.29) is 5.91 Å². The molecule has 2 aromatic heterocycles. The van der Waals surface area contributed by atoms with Crippen molar-refractivity contribution < 1.29 is 4.79 Å². The van der Waals surface area contributed by atoms with Gasteiger partial charge in [-0.15, -0.1) is 0 Å². The lowest BCUT2D eigenvalue weighted by molar-refractivity contribution is 0.0747. The maximum absolute atomic E-state index is 13.7. The van der Waals surface area contributed by atoms with Gasteiger partial charge in [0.05, 0.1) is 22.3 Å². The average molecular weight is 441 g/mol. The van der Waals surface area contributed by atoms with Crippen LogP contribution in [-0.2, 0) is 7.05 Å². The van der Waals surface area contributed by atoms with Crippen molar-refractivity contribution in [2.75, 3.05) is 36.4 Å². The minimum absolute atomic E-state index is 0.00465. The summed E-state index contributed by atoms with van der Waals surface area (Å²) in [6.45, 7) is 6.96. The van der Waals surface area contributed by atoms with Gasteiger partial charge in [-0.3, -0.25) is 9.48 Å². The number of carbonyl (C=O) groups excluding carboxylic acids is 1. The Morgan fingerprint density at radius 1 is 0.939 bits per heavy atom. The number of piperazine rings is 1. The summed E-state index contributed by atoms with van der Waals surface area (Å²) in [6.07, 6.45) is 1.69. The summed E-state index contributed by atoms with van der Waals surface area (Å²) < 4.78 is 1.76. The molecule has 2 aromatic carbocycles. The first-order valence-electron chi connectivity index (χ1n) is 11.3. The fraction of sp³-hybridized carbons (Fsp3) is 0.269. The summed E-state index contributed by atoms with van der Waals surface area (Å²) in [4.78, 5) is 22.5. The zero-order chi connectivity index (χ0) is 22.9. The van der Waals surface area contributed by atoms with Gasteiger partial charge in [-0.1, -0.05) is 35.9 Å². The second-order valence-corrected chi connectivity index (χ2v) is 8.56. The number of aryl methyl sites for hydroxylation is 3. The van der Waals surface area contributed by atoms with E-state index in [9.17, 15) is 4.79 Å². The van der Waals surface area contributed by atoms with Crippen LogP contribution in [0.4, 0.5) is 17.1 Å². The number of pyridine rings is 1. The molecule has 0 radical (unpaired) electrons. The fourth-order valence-corrected chi connectivity index (χ4v) is 4.46. The third kappa shape index (κ3) is 4.02. The van der Waals surface area contributed by atoms with E-state index in [1.54, 1.807) is 10.9 Å². The summed E-state index contributed by atoms with van der Waals surface area (Å²) in [5.41, 5.74) is 6.26. The highest BCUT2D eigenvalue weighted by atomic mass is 16.2. The number of aromatic nitrogens is 3. The minimum Gasteiger partial charge on any atom is -0.368 e. The quantitative estimate of drug-likeness (QED) is 0.513. The molecule has 0 spiro atoms. The predicted octanol–water partition coefficient (Wildman–Crippen LogP) is 4.29. The SMILES string of the molecule is Cc1ccc(Nc2c(C(=O)N3CCN(c4ccccc4)CC3)cnc3c2c(C)nn3C)cc1. The number of rotatable bonds is 4. The molecule has 1 aliphatic heterocycles. The lowest BCUT2D eigenvalue weighted by atomic mass is 10.1. The van der Waals surface area contributed by atoms with Crippen molar-refractivity contribution in [3.8, 4) is 0 Å². The number of benzene rings is 2. The van der Waals surface area contributed by atoms with Crippen LogP contribution in [0.2, 0.25) is 0 Å². The number of hydrogen-bond donors (Lipinski definition) is 1. The van der Waals surface area contributed by atoms with Crippen LogP contribution in [0.15, 0.2) is 60.8 Å². The van der Waals surface area contributed by atoms with Crippen LogP contribution in [0.3, 0.4) is 0 Å². The van der Waals surface area contributed by atoms with Gasteiger partial charge in [-0.25, -0.2) is 4.98 Å². The number of carbonyl (C=O) groups is 1. The molecule has 7 nitrogen and oxygen atoms in total. The Morgan fingerprint density at radius 3 is 2.33 bits per heavy atom. The monoisotopic (exact) mass is 440 g/mol. The number of anilines is 3. The topological polar surface area (TPSA) is 66.3 Å². The van der Waals surface area contributed by atoms with Crippen molar-refractivity contribution in [1.82, 2.24) is 19.7 Å². The average Bonchev–Trinajstić information content (AvgIpc) is 3.14. The number of para-hydroxylation sites is 1. The molecule has 5 rings (SSSR count). The maximum atomic E-state index is 13.7. The zero-order valence-electron chi connectivity index (χ0n) is 19.2. The second-order valence-electron chi connectivity index (χ2n) is 8.56. The van der Waals surface area contributed by atoms with E-state index in [0.29, 0.717) is 18.7 Å². The van der Waals surface area contributed by atoms with E-state index in [4.69, 9.17) is 0 Å². The molecule has 4 aromatic rings. The molecule has 1 N–H and O–H groups in total. The van der Waals surface area contributed by atoms with Gasteiger partial charge in [0.15, 0.2) is 5.65 Å². The van der Waals surface area contributed by atoms with E-state index in [2.05, 4.69) is 51.5 Å². The summed E-state index contributed by atoms with van der Waals surface area (Å²) in [6, 6.07) is 18.5. The lowest BCUT2D eigenvalue weighted by Crippen LogP contribution is -2.48. The Labute approximate surface area is 193 Å². The highest BCUT2D eigenvalue weighted by molar-refractivity contribution is 6.08. The van der Waals surface area contributed by atoms with Crippen molar-refractivity contribution in [3.63, 3.8) is 0 Å². The van der Waals surface area contributed by atoms with Crippen LogP contribution in [0.25, 0.3) is 11.0 Å². The van der Waals surface area contributed by atoms with Crippen LogP contribution >= 0.6 is 0 Å². The summed E-state index contributed by atoms with van der Waals surface area (Å²) in [5, 5.41) is 8.93. The Kier molecular flexibility index (Phi) is 5.46. The van der Waals surface area contributed by atoms with Gasteiger partial charge in [0.2, 0.25) is 0 Å². The van der Waals surface area contributed by atoms with Crippen LogP contribution in [-0.4, -0.2) is 51.8 Å². The first-order valence-corrected chi connectivity index (χ1v) is 11.3. The standard InChI is InChI=1S/C26H28N6O/c1-18-9-11-20(12-10-18)28-24-22(17-27-25-23(24)19(2)29-30(25)3)26(33)32-15-13-31(14-16-32)21-7-5-4-6-8-21/h4-12,17H,13-16H2,1-3H3,(H,27,28). The highest BCUT2D eigenvalue weighted by Gasteiger charge is 2.27. The van der Waals surface area contributed by atoms with Crippen LogP contribution < -0.4 is 10.2 Å². The molecular weight excluding hydrogens is 412 g/mol. The first kappa shape index (κ1) is 21.0. The van der Waals surface area contributed by atoms with Crippen molar-refractivity contribution >= 4 is 34.0 Å². The number of amides is 1. The van der Waals surface area contributed by atoms with Gasteiger partial charge < -0.3 is 15.1 Å². The molecule has 33 heavy (non-hydrogen) atoms. The molecule has 1 amide bonds. The third-order valence-corrected chi connectivity index (χ3v) is 6.27. The van der Waals surface area contributed by atoms with Gasteiger partial charge in [0, 0.05) is 50.8 Å². The van der Waals surface area contributed by atoms with E-state index < -0.39 is 0 Å². The third-order valence-electron chi connectivity index (χ3n) is 6.27.